The molecule has 0 saturated heterocycles. The normalized spacial score (nSPS) is 9.58. The second kappa shape index (κ2) is 3.34. The standard InChI is InChI=1S/C8H8NO3/c1-6(10)7-2-4-8(5-3-7)9(11)12/h2-5,11H,1H3. The van der Waals surface area contributed by atoms with Gasteiger partial charge in [-0.3, -0.25) is 10.0 Å². The van der Waals surface area contributed by atoms with E-state index in [9.17, 15) is 10.0 Å². The molecule has 0 aliphatic rings. The van der Waals surface area contributed by atoms with Crippen LogP contribution in [-0.2, 0) is 5.21 Å². The van der Waals surface area contributed by atoms with Gasteiger partial charge in [-0.05, 0) is 31.2 Å². The lowest BCUT2D eigenvalue weighted by Crippen LogP contribution is -2.08. The summed E-state index contributed by atoms with van der Waals surface area (Å²) in [4.78, 5) is 10.8. The van der Waals surface area contributed by atoms with Gasteiger partial charge in [-0.25, -0.2) is 0 Å². The molecule has 1 N–H and O–H groups in total. The Morgan fingerprint density at radius 2 is 1.83 bits per heavy atom. The highest BCUT2D eigenvalue weighted by atomic mass is 16.8. The van der Waals surface area contributed by atoms with Gasteiger partial charge in [0, 0.05) is 5.56 Å². The Hall–Kier alpha value is -1.39. The quantitative estimate of drug-likeness (QED) is 0.534. The van der Waals surface area contributed by atoms with Crippen LogP contribution >= 0.6 is 0 Å². The van der Waals surface area contributed by atoms with Crippen LogP contribution in [0.4, 0.5) is 5.69 Å². The Bertz CT molecular complexity index is 279. The van der Waals surface area contributed by atoms with Crippen molar-refractivity contribution in [3.8, 4) is 0 Å². The van der Waals surface area contributed by atoms with Crippen LogP contribution < -0.4 is 5.23 Å². The van der Waals surface area contributed by atoms with Gasteiger partial charge in [-0.2, -0.15) is 0 Å². The number of hydrogen-bond acceptors (Lipinski definition) is 3. The van der Waals surface area contributed by atoms with Gasteiger partial charge in [-0.1, -0.05) is 10.4 Å². The third-order valence-electron chi connectivity index (χ3n) is 1.49. The molecule has 63 valence electrons. The van der Waals surface area contributed by atoms with E-state index in [0.717, 1.165) is 0 Å². The molecule has 12 heavy (non-hydrogen) atoms. The van der Waals surface area contributed by atoms with Gasteiger partial charge in [-0.15, -0.1) is 0 Å². The number of nitrogens with zero attached hydrogens (tertiary/aromatic N) is 1. The van der Waals surface area contributed by atoms with Crippen molar-refractivity contribution in [2.45, 2.75) is 6.92 Å². The van der Waals surface area contributed by atoms with Gasteiger partial charge in [0.1, 0.15) is 0 Å². The summed E-state index contributed by atoms with van der Waals surface area (Å²) < 4.78 is 0. The number of Topliss-reactive ketones (excluding diaryl/α,β-unsaturated/α-hetero) is 1. The maximum atomic E-state index is 10.8. The molecule has 0 aliphatic carbocycles. The number of rotatable bonds is 2. The lowest BCUT2D eigenvalue weighted by atomic mass is 10.1. The minimum absolute atomic E-state index is 0.0723. The van der Waals surface area contributed by atoms with Crippen molar-refractivity contribution in [1.29, 1.82) is 0 Å². The summed E-state index contributed by atoms with van der Waals surface area (Å²) in [5.74, 6) is -0.0723. The number of ketones is 1. The summed E-state index contributed by atoms with van der Waals surface area (Å²) in [6, 6.07) is 5.73. The van der Waals surface area contributed by atoms with E-state index in [1.165, 1.54) is 31.2 Å². The van der Waals surface area contributed by atoms with Crippen LogP contribution in [0.25, 0.3) is 0 Å². The summed E-state index contributed by atoms with van der Waals surface area (Å²) >= 11 is 0. The fraction of sp³-hybridized carbons (Fsp3) is 0.125. The monoisotopic (exact) mass is 166 g/mol. The highest BCUT2D eigenvalue weighted by Crippen LogP contribution is 2.12. The zero-order valence-electron chi connectivity index (χ0n) is 6.52. The van der Waals surface area contributed by atoms with Crippen LogP contribution in [0, 0.1) is 0 Å². The van der Waals surface area contributed by atoms with Gasteiger partial charge in [0.2, 0.25) is 0 Å². The average Bonchev–Trinajstić information content (AvgIpc) is 2.04. The smallest absolute Gasteiger partial charge is 0.159 e. The number of anilines is 1. The first-order valence-electron chi connectivity index (χ1n) is 3.38. The lowest BCUT2D eigenvalue weighted by molar-refractivity contribution is -0.0268. The van der Waals surface area contributed by atoms with Crippen molar-refractivity contribution in [3.63, 3.8) is 0 Å². The van der Waals surface area contributed by atoms with Crippen LogP contribution in [0.15, 0.2) is 24.3 Å². The second-order valence-corrected chi connectivity index (χ2v) is 2.38. The molecule has 0 amide bonds. The maximum Gasteiger partial charge on any atom is 0.159 e. The zero-order chi connectivity index (χ0) is 9.14. The molecule has 0 bridgehead atoms. The first-order valence-corrected chi connectivity index (χ1v) is 3.38. The summed E-state index contributed by atoms with van der Waals surface area (Å²) in [5, 5.41) is 18.5. The highest BCUT2D eigenvalue weighted by Gasteiger charge is 2.01. The molecule has 0 heterocycles. The summed E-state index contributed by atoms with van der Waals surface area (Å²) in [6.07, 6.45) is 0. The minimum Gasteiger partial charge on any atom is -0.295 e. The molecule has 0 aromatic heterocycles. The molecule has 0 saturated carbocycles. The number of benzene rings is 1. The predicted octanol–water partition coefficient (Wildman–Crippen LogP) is 1.43. The second-order valence-electron chi connectivity index (χ2n) is 2.38. The van der Waals surface area contributed by atoms with Crippen molar-refractivity contribution < 1.29 is 15.2 Å². The number of carbonyl (C=O) groups is 1. The number of carbonyl (C=O) groups excluding carboxylic acids is 1. The Labute approximate surface area is 69.6 Å². The Balaban J connectivity index is 2.93. The minimum atomic E-state index is -0.246. The third kappa shape index (κ3) is 1.81. The van der Waals surface area contributed by atoms with Gasteiger partial charge in [0.25, 0.3) is 0 Å². The molecule has 0 atom stereocenters. The van der Waals surface area contributed by atoms with E-state index in [-0.39, 0.29) is 16.7 Å². The molecule has 1 aromatic rings. The van der Waals surface area contributed by atoms with Crippen molar-refractivity contribution in [2.24, 2.45) is 0 Å². The van der Waals surface area contributed by atoms with Crippen LogP contribution in [0.2, 0.25) is 0 Å². The summed E-state index contributed by atoms with van der Waals surface area (Å²) in [5.41, 5.74) is 0.626. The fourth-order valence-electron chi connectivity index (χ4n) is 0.824. The van der Waals surface area contributed by atoms with Crippen LogP contribution in [0.5, 0.6) is 0 Å². The van der Waals surface area contributed by atoms with Gasteiger partial charge < -0.3 is 0 Å². The lowest BCUT2D eigenvalue weighted by Gasteiger charge is -2.04. The maximum absolute atomic E-state index is 10.8. The molecular weight excluding hydrogens is 158 g/mol. The SMILES string of the molecule is CC(=O)c1ccc(N([O])O)cc1. The Kier molecular flexibility index (Phi) is 2.42. The number of hydrogen-bond donors (Lipinski definition) is 1. The fourth-order valence-corrected chi connectivity index (χ4v) is 0.824. The Morgan fingerprint density at radius 3 is 2.17 bits per heavy atom. The van der Waals surface area contributed by atoms with E-state index >= 15 is 0 Å². The molecule has 0 aliphatic heterocycles. The molecule has 1 rings (SSSR count). The largest absolute Gasteiger partial charge is 0.295 e. The van der Waals surface area contributed by atoms with Crippen LogP contribution in [-0.4, -0.2) is 11.0 Å². The van der Waals surface area contributed by atoms with Crippen LogP contribution in [0.1, 0.15) is 17.3 Å². The van der Waals surface area contributed by atoms with Crippen molar-refractivity contribution in [2.75, 3.05) is 5.23 Å². The molecule has 0 unspecified atom stereocenters. The van der Waals surface area contributed by atoms with E-state index in [1.807, 2.05) is 0 Å². The summed E-state index contributed by atoms with van der Waals surface area (Å²) in [6.45, 7) is 1.43. The van der Waals surface area contributed by atoms with Gasteiger partial charge >= 0.3 is 0 Å². The van der Waals surface area contributed by atoms with Crippen molar-refractivity contribution in [1.82, 2.24) is 0 Å². The molecule has 0 spiro atoms. The van der Waals surface area contributed by atoms with E-state index in [0.29, 0.717) is 5.56 Å². The molecule has 1 radical (unpaired) electrons. The first kappa shape index (κ1) is 8.70. The summed E-state index contributed by atoms with van der Waals surface area (Å²) in [7, 11) is 0. The molecule has 4 heteroatoms. The van der Waals surface area contributed by atoms with E-state index in [2.05, 4.69) is 0 Å². The Morgan fingerprint density at radius 1 is 1.33 bits per heavy atom. The van der Waals surface area contributed by atoms with E-state index in [4.69, 9.17) is 5.21 Å². The van der Waals surface area contributed by atoms with Crippen molar-refractivity contribution >= 4 is 11.5 Å². The molecule has 1 aromatic carbocycles. The van der Waals surface area contributed by atoms with Gasteiger partial charge in [0.05, 0.1) is 5.69 Å². The van der Waals surface area contributed by atoms with Crippen LogP contribution in [0.3, 0.4) is 0 Å². The molecular formula is C8H8NO3. The van der Waals surface area contributed by atoms with E-state index in [1.54, 1.807) is 0 Å². The van der Waals surface area contributed by atoms with Gasteiger partial charge in [0.15, 0.2) is 5.78 Å². The van der Waals surface area contributed by atoms with Crippen molar-refractivity contribution in [3.05, 3.63) is 29.8 Å². The average molecular weight is 166 g/mol. The highest BCUT2D eigenvalue weighted by molar-refractivity contribution is 5.94. The first-order chi connectivity index (χ1) is 5.61. The molecule has 4 nitrogen and oxygen atoms in total. The third-order valence-corrected chi connectivity index (χ3v) is 1.49. The molecule has 0 fully saturated rings. The van der Waals surface area contributed by atoms with E-state index < -0.39 is 0 Å². The zero-order valence-corrected chi connectivity index (χ0v) is 6.52. The topological polar surface area (TPSA) is 60.4 Å². The predicted molar refractivity (Wildman–Crippen MR) is 41.4 cm³/mol.